The maximum atomic E-state index is 12.0. The number of rotatable bonds is 14. The number of nitrogens with one attached hydrogen (secondary N) is 1. The predicted octanol–water partition coefficient (Wildman–Crippen LogP) is 5.40. The molecule has 0 aliphatic rings. The van der Waals surface area contributed by atoms with Crippen molar-refractivity contribution in [2.75, 3.05) is 0 Å². The third-order valence-electron chi connectivity index (χ3n) is 4.47. The lowest BCUT2D eigenvalue weighted by molar-refractivity contribution is 0.0935. The molecule has 1 amide bonds. The van der Waals surface area contributed by atoms with Crippen molar-refractivity contribution in [3.8, 4) is 0 Å². The van der Waals surface area contributed by atoms with E-state index in [2.05, 4.69) is 12.2 Å². The molecule has 0 saturated heterocycles. The zero-order chi connectivity index (χ0) is 17.5. The first-order valence-electron chi connectivity index (χ1n) is 9.85. The van der Waals surface area contributed by atoms with E-state index >= 15 is 0 Å². The lowest BCUT2D eigenvalue weighted by Gasteiger charge is -2.13. The number of carbonyl (C=O) groups excluding carboxylic acids is 1. The first-order valence-corrected chi connectivity index (χ1v) is 9.85. The molecule has 1 rings (SSSR count). The Morgan fingerprint density at radius 2 is 1.38 bits per heavy atom. The summed E-state index contributed by atoms with van der Waals surface area (Å²) in [5.41, 5.74) is 6.67. The molecule has 0 spiro atoms. The Morgan fingerprint density at radius 3 is 1.92 bits per heavy atom. The van der Waals surface area contributed by atoms with Crippen LogP contribution in [-0.4, -0.2) is 12.1 Å². The van der Waals surface area contributed by atoms with Gasteiger partial charge in [-0.1, -0.05) is 95.8 Å². The number of carbonyl (C=O) groups is 1. The van der Waals surface area contributed by atoms with Crippen molar-refractivity contribution in [2.45, 2.75) is 90.1 Å². The van der Waals surface area contributed by atoms with Crippen LogP contribution >= 0.6 is 0 Å². The summed E-state index contributed by atoms with van der Waals surface area (Å²) in [6.07, 6.45) is 15.2. The topological polar surface area (TPSA) is 55.1 Å². The maximum Gasteiger partial charge on any atom is 0.252 e. The van der Waals surface area contributed by atoms with Gasteiger partial charge < -0.3 is 11.1 Å². The summed E-state index contributed by atoms with van der Waals surface area (Å²) in [7, 11) is 0. The molecule has 0 saturated carbocycles. The highest BCUT2D eigenvalue weighted by Gasteiger charge is 2.08. The molecule has 1 aromatic rings. The van der Waals surface area contributed by atoms with Crippen LogP contribution in [0.4, 0.5) is 0 Å². The molecule has 0 radical (unpaired) electrons. The van der Waals surface area contributed by atoms with Gasteiger partial charge in [-0.05, 0) is 18.6 Å². The van der Waals surface area contributed by atoms with Crippen LogP contribution in [-0.2, 0) is 0 Å². The van der Waals surface area contributed by atoms with Gasteiger partial charge >= 0.3 is 0 Å². The number of unbranched alkanes of at least 4 members (excludes halogenated alkanes) is 10. The molecule has 0 aliphatic heterocycles. The first kappa shape index (κ1) is 20.7. The quantitative estimate of drug-likeness (QED) is 0.354. The zero-order valence-corrected chi connectivity index (χ0v) is 15.4. The fraction of sp³-hybridized carbons (Fsp3) is 0.667. The minimum absolute atomic E-state index is 0.0776. The molecular formula is C21H36N2O. The molecule has 0 aromatic heterocycles. The summed E-state index contributed by atoms with van der Waals surface area (Å²) in [5.74, 6) is -0.0776. The zero-order valence-electron chi connectivity index (χ0n) is 15.4. The van der Waals surface area contributed by atoms with Gasteiger partial charge in [0.1, 0.15) is 0 Å². The molecule has 3 heteroatoms. The van der Waals surface area contributed by atoms with Crippen LogP contribution in [0.3, 0.4) is 0 Å². The van der Waals surface area contributed by atoms with Crippen LogP contribution in [0.1, 0.15) is 94.3 Å². The van der Waals surface area contributed by atoms with Crippen molar-refractivity contribution in [3.05, 3.63) is 35.9 Å². The summed E-state index contributed by atoms with van der Waals surface area (Å²) in [6.45, 7) is 2.26. The first-order chi connectivity index (χ1) is 11.7. The summed E-state index contributed by atoms with van der Waals surface area (Å²) < 4.78 is 0. The normalized spacial score (nSPS) is 12.1. The van der Waals surface area contributed by atoms with Gasteiger partial charge in [-0.15, -0.1) is 0 Å². The smallest absolute Gasteiger partial charge is 0.252 e. The number of amides is 1. The number of benzene rings is 1. The largest absolute Gasteiger partial charge is 0.337 e. The Balaban J connectivity index is 1.93. The van der Waals surface area contributed by atoms with E-state index in [0.29, 0.717) is 5.56 Å². The lowest BCUT2D eigenvalue weighted by atomic mass is 10.0. The monoisotopic (exact) mass is 332 g/mol. The van der Waals surface area contributed by atoms with Gasteiger partial charge in [0, 0.05) is 5.56 Å². The average molecular weight is 333 g/mol. The Kier molecular flexibility index (Phi) is 12.1. The second kappa shape index (κ2) is 14.0. The van der Waals surface area contributed by atoms with Crippen LogP contribution in [0.15, 0.2) is 30.3 Å². The molecule has 0 bridgehead atoms. The standard InChI is InChI=1S/C21H36N2O/c1-2-3-4-5-6-7-8-9-10-11-15-18-20(22)23-21(24)19-16-13-12-14-17-19/h12-14,16-17,20H,2-11,15,18,22H2,1H3,(H,23,24). The van der Waals surface area contributed by atoms with Crippen molar-refractivity contribution in [3.63, 3.8) is 0 Å². The van der Waals surface area contributed by atoms with Crippen molar-refractivity contribution < 1.29 is 4.79 Å². The minimum atomic E-state index is -0.240. The van der Waals surface area contributed by atoms with Gasteiger partial charge in [0.25, 0.3) is 5.91 Å². The van der Waals surface area contributed by atoms with Gasteiger partial charge in [0.15, 0.2) is 0 Å². The average Bonchev–Trinajstić information content (AvgIpc) is 2.60. The molecular weight excluding hydrogens is 296 g/mol. The van der Waals surface area contributed by atoms with Crippen LogP contribution in [0.2, 0.25) is 0 Å². The van der Waals surface area contributed by atoms with Crippen LogP contribution in [0.25, 0.3) is 0 Å². The molecule has 3 N–H and O–H groups in total. The number of hydrogen-bond acceptors (Lipinski definition) is 2. The third kappa shape index (κ3) is 10.4. The van der Waals surface area contributed by atoms with Crippen LogP contribution in [0.5, 0.6) is 0 Å². The predicted molar refractivity (Wildman–Crippen MR) is 103 cm³/mol. The Hall–Kier alpha value is -1.35. The Bertz CT molecular complexity index is 419. The van der Waals surface area contributed by atoms with Crippen LogP contribution in [0, 0.1) is 0 Å². The fourth-order valence-electron chi connectivity index (χ4n) is 2.94. The molecule has 0 aliphatic carbocycles. The Morgan fingerprint density at radius 1 is 0.875 bits per heavy atom. The fourth-order valence-corrected chi connectivity index (χ4v) is 2.94. The van der Waals surface area contributed by atoms with Crippen molar-refractivity contribution in [1.29, 1.82) is 0 Å². The molecule has 1 aromatic carbocycles. The highest BCUT2D eigenvalue weighted by molar-refractivity contribution is 5.94. The van der Waals surface area contributed by atoms with Gasteiger partial charge in [-0.3, -0.25) is 4.79 Å². The molecule has 1 atom stereocenters. The highest BCUT2D eigenvalue weighted by Crippen LogP contribution is 2.12. The molecule has 3 nitrogen and oxygen atoms in total. The van der Waals surface area contributed by atoms with Gasteiger partial charge in [0.2, 0.25) is 0 Å². The third-order valence-corrected chi connectivity index (χ3v) is 4.47. The molecule has 24 heavy (non-hydrogen) atoms. The van der Waals surface area contributed by atoms with E-state index in [9.17, 15) is 4.79 Å². The lowest BCUT2D eigenvalue weighted by Crippen LogP contribution is -2.41. The van der Waals surface area contributed by atoms with E-state index in [-0.39, 0.29) is 12.1 Å². The second-order valence-corrected chi connectivity index (χ2v) is 6.77. The maximum absolute atomic E-state index is 12.0. The summed E-state index contributed by atoms with van der Waals surface area (Å²) in [4.78, 5) is 12.0. The molecule has 0 fully saturated rings. The van der Waals surface area contributed by atoms with Crippen molar-refractivity contribution in [1.82, 2.24) is 5.32 Å². The molecule has 0 heterocycles. The van der Waals surface area contributed by atoms with E-state index in [1.807, 2.05) is 30.3 Å². The molecule has 136 valence electrons. The summed E-state index contributed by atoms with van der Waals surface area (Å²) in [5, 5.41) is 2.87. The van der Waals surface area contributed by atoms with Crippen molar-refractivity contribution >= 4 is 5.91 Å². The SMILES string of the molecule is CCCCCCCCCCCCCC(N)NC(=O)c1ccccc1. The van der Waals surface area contributed by atoms with E-state index in [1.165, 1.54) is 64.2 Å². The van der Waals surface area contributed by atoms with Gasteiger partial charge in [-0.2, -0.15) is 0 Å². The Labute approximate surface area is 148 Å². The second-order valence-electron chi connectivity index (χ2n) is 6.77. The van der Waals surface area contributed by atoms with Gasteiger partial charge in [0.05, 0.1) is 6.17 Å². The van der Waals surface area contributed by atoms with Crippen LogP contribution < -0.4 is 11.1 Å². The summed E-state index contributed by atoms with van der Waals surface area (Å²) >= 11 is 0. The number of hydrogen-bond donors (Lipinski definition) is 2. The van der Waals surface area contributed by atoms with E-state index in [4.69, 9.17) is 5.73 Å². The molecule has 1 unspecified atom stereocenters. The van der Waals surface area contributed by atoms with E-state index in [1.54, 1.807) is 0 Å². The van der Waals surface area contributed by atoms with E-state index in [0.717, 1.165) is 12.8 Å². The van der Waals surface area contributed by atoms with Crippen molar-refractivity contribution in [2.24, 2.45) is 5.73 Å². The van der Waals surface area contributed by atoms with Gasteiger partial charge in [-0.25, -0.2) is 0 Å². The highest BCUT2D eigenvalue weighted by atomic mass is 16.1. The number of nitrogens with two attached hydrogens (primary N) is 1. The van der Waals surface area contributed by atoms with E-state index < -0.39 is 0 Å². The summed E-state index contributed by atoms with van der Waals surface area (Å²) in [6, 6.07) is 9.25. The minimum Gasteiger partial charge on any atom is -0.337 e.